The number of aryl methyl sites for hydroxylation is 1. The molecule has 1 atom stereocenters. The highest BCUT2D eigenvalue weighted by molar-refractivity contribution is 8.13. The Bertz CT molecular complexity index is 321. The molecule has 1 aromatic rings. The van der Waals surface area contributed by atoms with E-state index in [1.165, 1.54) is 17.3 Å². The molecule has 0 amide bonds. The van der Waals surface area contributed by atoms with Crippen molar-refractivity contribution in [1.29, 1.82) is 0 Å². The van der Waals surface area contributed by atoms with E-state index in [0.29, 0.717) is 11.0 Å². The van der Waals surface area contributed by atoms with Crippen LogP contribution in [0.2, 0.25) is 0 Å². The van der Waals surface area contributed by atoms with Gasteiger partial charge in [0, 0.05) is 6.42 Å². The highest BCUT2D eigenvalue weighted by atomic mass is 32.2. The summed E-state index contributed by atoms with van der Waals surface area (Å²) in [5, 5.41) is 0.354. The van der Waals surface area contributed by atoms with Crippen LogP contribution in [0.4, 0.5) is 0 Å². The van der Waals surface area contributed by atoms with Gasteiger partial charge in [0.15, 0.2) is 5.12 Å². The van der Waals surface area contributed by atoms with E-state index in [2.05, 4.69) is 31.2 Å². The maximum Gasteiger partial charge on any atom is 0.189 e. The molecule has 17 heavy (non-hydrogen) atoms. The van der Waals surface area contributed by atoms with Gasteiger partial charge in [-0.05, 0) is 30.1 Å². The Morgan fingerprint density at radius 1 is 1.24 bits per heavy atom. The van der Waals surface area contributed by atoms with E-state index in [0.717, 1.165) is 31.4 Å². The summed E-state index contributed by atoms with van der Waals surface area (Å²) < 4.78 is 0. The molecule has 0 heterocycles. The highest BCUT2D eigenvalue weighted by Gasteiger charge is 2.12. The molecule has 0 fully saturated rings. The largest absolute Gasteiger partial charge is 0.287 e. The summed E-state index contributed by atoms with van der Waals surface area (Å²) in [5.41, 5.74) is 1.38. The highest BCUT2D eigenvalue weighted by Crippen LogP contribution is 2.20. The van der Waals surface area contributed by atoms with Crippen LogP contribution in [-0.2, 0) is 11.2 Å². The third kappa shape index (κ3) is 5.92. The Morgan fingerprint density at radius 2 is 1.94 bits per heavy atom. The summed E-state index contributed by atoms with van der Waals surface area (Å²) in [6.07, 6.45) is 4.05. The standard InChI is InChI=1S/C15H22OS/c1-3-13(12-15(16)17-4-2)10-11-14-8-6-5-7-9-14/h5-9,13H,3-4,10-12H2,1-2H3/t13-/m0/s1. The summed E-state index contributed by atoms with van der Waals surface area (Å²) in [4.78, 5) is 11.6. The summed E-state index contributed by atoms with van der Waals surface area (Å²) in [6.45, 7) is 4.22. The molecule has 0 unspecified atom stereocenters. The van der Waals surface area contributed by atoms with Crippen LogP contribution < -0.4 is 0 Å². The van der Waals surface area contributed by atoms with Crippen LogP contribution in [0.15, 0.2) is 30.3 Å². The molecule has 0 aliphatic carbocycles. The normalized spacial score (nSPS) is 12.4. The first-order chi connectivity index (χ1) is 8.26. The Labute approximate surface area is 109 Å². The van der Waals surface area contributed by atoms with Gasteiger partial charge in [-0.1, -0.05) is 62.4 Å². The number of hydrogen-bond donors (Lipinski definition) is 0. The van der Waals surface area contributed by atoms with Crippen molar-refractivity contribution in [2.45, 2.75) is 39.5 Å². The van der Waals surface area contributed by atoms with Gasteiger partial charge in [-0.3, -0.25) is 4.79 Å². The van der Waals surface area contributed by atoms with Gasteiger partial charge in [0.25, 0.3) is 0 Å². The maximum atomic E-state index is 11.6. The fourth-order valence-corrected chi connectivity index (χ4v) is 2.60. The van der Waals surface area contributed by atoms with E-state index in [4.69, 9.17) is 0 Å². The molecule has 1 nitrogen and oxygen atoms in total. The monoisotopic (exact) mass is 250 g/mol. The van der Waals surface area contributed by atoms with Crippen molar-refractivity contribution in [3.05, 3.63) is 35.9 Å². The van der Waals surface area contributed by atoms with E-state index >= 15 is 0 Å². The Morgan fingerprint density at radius 3 is 2.53 bits per heavy atom. The van der Waals surface area contributed by atoms with Crippen LogP contribution in [0.25, 0.3) is 0 Å². The predicted octanol–water partition coefficient (Wildman–Crippen LogP) is 4.32. The zero-order valence-corrected chi connectivity index (χ0v) is 11.6. The lowest BCUT2D eigenvalue weighted by Gasteiger charge is -2.13. The molecule has 0 saturated carbocycles. The number of benzene rings is 1. The van der Waals surface area contributed by atoms with Gasteiger partial charge in [0.05, 0.1) is 0 Å². The zero-order valence-electron chi connectivity index (χ0n) is 10.8. The first-order valence-electron chi connectivity index (χ1n) is 6.45. The molecular weight excluding hydrogens is 228 g/mol. The van der Waals surface area contributed by atoms with Gasteiger partial charge in [0.2, 0.25) is 0 Å². The molecule has 0 radical (unpaired) electrons. The molecular formula is C15H22OS. The van der Waals surface area contributed by atoms with Crippen LogP contribution in [0.5, 0.6) is 0 Å². The molecule has 0 aromatic heterocycles. The second-order valence-electron chi connectivity index (χ2n) is 4.31. The molecule has 0 spiro atoms. The van der Waals surface area contributed by atoms with Crippen molar-refractivity contribution in [2.75, 3.05) is 5.75 Å². The number of hydrogen-bond acceptors (Lipinski definition) is 2. The topological polar surface area (TPSA) is 17.1 Å². The third-order valence-corrected chi connectivity index (χ3v) is 3.80. The van der Waals surface area contributed by atoms with Crippen molar-refractivity contribution >= 4 is 16.9 Å². The van der Waals surface area contributed by atoms with Gasteiger partial charge < -0.3 is 0 Å². The third-order valence-electron chi connectivity index (χ3n) is 3.02. The molecule has 0 aliphatic heterocycles. The number of rotatable bonds is 7. The fraction of sp³-hybridized carbons (Fsp3) is 0.533. The van der Waals surface area contributed by atoms with Crippen LogP contribution >= 0.6 is 11.8 Å². The minimum Gasteiger partial charge on any atom is -0.287 e. The average molecular weight is 250 g/mol. The smallest absolute Gasteiger partial charge is 0.189 e. The maximum absolute atomic E-state index is 11.6. The van der Waals surface area contributed by atoms with Crippen LogP contribution in [0.1, 0.15) is 38.7 Å². The molecule has 2 heteroatoms. The minimum atomic E-state index is 0.354. The first kappa shape index (κ1) is 14.3. The molecule has 1 rings (SSSR count). The molecule has 0 aliphatic rings. The van der Waals surface area contributed by atoms with Crippen molar-refractivity contribution in [2.24, 2.45) is 5.92 Å². The van der Waals surface area contributed by atoms with Gasteiger partial charge in [0.1, 0.15) is 0 Å². The molecule has 0 N–H and O–H groups in total. The van der Waals surface area contributed by atoms with E-state index in [9.17, 15) is 4.79 Å². The summed E-state index contributed by atoms with van der Waals surface area (Å²) in [5.74, 6) is 1.44. The lowest BCUT2D eigenvalue weighted by Crippen LogP contribution is -2.06. The van der Waals surface area contributed by atoms with Crippen LogP contribution in [0.3, 0.4) is 0 Å². The van der Waals surface area contributed by atoms with E-state index in [1.807, 2.05) is 13.0 Å². The lowest BCUT2D eigenvalue weighted by molar-refractivity contribution is -0.111. The van der Waals surface area contributed by atoms with Crippen molar-refractivity contribution in [3.63, 3.8) is 0 Å². The Kier molecular flexibility index (Phi) is 7.02. The second-order valence-corrected chi connectivity index (χ2v) is 5.63. The zero-order chi connectivity index (χ0) is 12.5. The van der Waals surface area contributed by atoms with Gasteiger partial charge in [-0.15, -0.1) is 0 Å². The van der Waals surface area contributed by atoms with Crippen LogP contribution in [0, 0.1) is 5.92 Å². The van der Waals surface area contributed by atoms with Crippen molar-refractivity contribution in [1.82, 2.24) is 0 Å². The van der Waals surface area contributed by atoms with Crippen LogP contribution in [-0.4, -0.2) is 10.9 Å². The van der Waals surface area contributed by atoms with E-state index in [1.54, 1.807) is 0 Å². The van der Waals surface area contributed by atoms with Crippen molar-refractivity contribution in [3.8, 4) is 0 Å². The molecule has 1 aromatic carbocycles. The molecule has 94 valence electrons. The lowest BCUT2D eigenvalue weighted by atomic mass is 9.95. The molecule has 0 bridgehead atoms. The fourth-order valence-electron chi connectivity index (χ4n) is 1.92. The quantitative estimate of drug-likeness (QED) is 0.717. The summed E-state index contributed by atoms with van der Waals surface area (Å²) in [6, 6.07) is 10.5. The van der Waals surface area contributed by atoms with E-state index < -0.39 is 0 Å². The SMILES string of the molecule is CCSC(=O)C[C@@H](CC)CCc1ccccc1. The van der Waals surface area contributed by atoms with Gasteiger partial charge >= 0.3 is 0 Å². The number of carbonyl (C=O) groups excluding carboxylic acids is 1. The average Bonchev–Trinajstić information content (AvgIpc) is 2.36. The predicted molar refractivity (Wildman–Crippen MR) is 76.3 cm³/mol. The summed E-state index contributed by atoms with van der Waals surface area (Å²) in [7, 11) is 0. The number of thioether (sulfide) groups is 1. The molecule has 0 saturated heterocycles. The Hall–Kier alpha value is -0.760. The first-order valence-corrected chi connectivity index (χ1v) is 7.44. The Balaban J connectivity index is 2.34. The minimum absolute atomic E-state index is 0.354. The van der Waals surface area contributed by atoms with Gasteiger partial charge in [-0.2, -0.15) is 0 Å². The summed E-state index contributed by atoms with van der Waals surface area (Å²) >= 11 is 1.46. The van der Waals surface area contributed by atoms with E-state index in [-0.39, 0.29) is 0 Å². The van der Waals surface area contributed by atoms with Gasteiger partial charge in [-0.25, -0.2) is 0 Å². The van der Waals surface area contributed by atoms with Crippen molar-refractivity contribution < 1.29 is 4.79 Å². The number of carbonyl (C=O) groups is 1. The second kappa shape index (κ2) is 8.35.